The highest BCUT2D eigenvalue weighted by Gasteiger charge is 2.42. The second-order valence-electron chi connectivity index (χ2n) is 3.09. The Morgan fingerprint density at radius 1 is 1.29 bits per heavy atom. The third-order valence-corrected chi connectivity index (χ3v) is 3.50. The van der Waals surface area contributed by atoms with Gasteiger partial charge >= 0.3 is 13.8 Å². The van der Waals surface area contributed by atoms with Crippen molar-refractivity contribution in [1.82, 2.24) is 0 Å². The van der Waals surface area contributed by atoms with E-state index >= 15 is 0 Å². The zero-order valence-electron chi connectivity index (χ0n) is 8.70. The lowest BCUT2D eigenvalue weighted by molar-refractivity contribution is -0.109. The highest BCUT2D eigenvalue weighted by molar-refractivity contribution is 7.54. The van der Waals surface area contributed by atoms with E-state index < -0.39 is 31.5 Å². The summed E-state index contributed by atoms with van der Waals surface area (Å²) in [5.74, 6) is -1.45. The Morgan fingerprint density at radius 3 is 2.35 bits per heavy atom. The van der Waals surface area contributed by atoms with Crippen molar-refractivity contribution in [2.75, 3.05) is 13.3 Å². The summed E-state index contributed by atoms with van der Waals surface area (Å²) in [7, 11) is -3.62. The van der Waals surface area contributed by atoms with E-state index in [2.05, 4.69) is 9.05 Å². The molecule has 0 aromatic heterocycles. The molecule has 0 spiro atoms. The molecule has 1 aromatic carbocycles. The van der Waals surface area contributed by atoms with E-state index in [-0.39, 0.29) is 0 Å². The van der Waals surface area contributed by atoms with E-state index in [0.717, 1.165) is 19.2 Å². The molecule has 0 fully saturated rings. The first-order valence-electron chi connectivity index (χ1n) is 4.41. The normalized spacial score (nSPS) is 15.4. The maximum atomic E-state index is 13.1. The molecule has 1 aromatic rings. The zero-order chi connectivity index (χ0) is 13.1. The first kappa shape index (κ1) is 14.0. The summed E-state index contributed by atoms with van der Waals surface area (Å²) in [6, 6.07) is 4.70. The summed E-state index contributed by atoms with van der Waals surface area (Å²) >= 11 is 0. The number of alkyl halides is 3. The molecule has 3 nitrogen and oxygen atoms in total. The largest absolute Gasteiger partial charge is 0.421 e. The molecule has 0 aliphatic rings. The van der Waals surface area contributed by atoms with E-state index in [4.69, 9.17) is 0 Å². The Balaban J connectivity index is 2.90. The lowest BCUT2D eigenvalue weighted by atomic mass is 10.3. The Labute approximate surface area is 94.9 Å². The van der Waals surface area contributed by atoms with E-state index in [0.29, 0.717) is 0 Å². The fraction of sp³-hybridized carbons (Fsp3) is 0.333. The quantitative estimate of drug-likeness (QED) is 0.620. The molecule has 0 aliphatic carbocycles. The Morgan fingerprint density at radius 2 is 1.88 bits per heavy atom. The van der Waals surface area contributed by atoms with Gasteiger partial charge in [-0.05, 0) is 12.1 Å². The molecule has 96 valence electrons. The van der Waals surface area contributed by atoms with Crippen LogP contribution in [0.4, 0.5) is 17.6 Å². The van der Waals surface area contributed by atoms with Crippen LogP contribution in [0, 0.1) is 5.82 Å². The van der Waals surface area contributed by atoms with E-state index in [1.54, 1.807) is 0 Å². The van der Waals surface area contributed by atoms with Crippen molar-refractivity contribution in [2.24, 2.45) is 0 Å². The van der Waals surface area contributed by atoms with Gasteiger partial charge in [0.2, 0.25) is 0 Å². The minimum atomic E-state index is -4.73. The zero-order valence-corrected chi connectivity index (χ0v) is 9.59. The van der Waals surface area contributed by atoms with Crippen molar-refractivity contribution in [3.63, 3.8) is 0 Å². The lowest BCUT2D eigenvalue weighted by Crippen LogP contribution is -2.17. The average molecular weight is 272 g/mol. The Kier molecular flexibility index (Phi) is 4.16. The maximum absolute atomic E-state index is 13.1. The van der Waals surface area contributed by atoms with Crippen LogP contribution in [-0.2, 0) is 9.09 Å². The summed E-state index contributed by atoms with van der Waals surface area (Å²) in [5, 5.41) is 0. The van der Waals surface area contributed by atoms with Crippen molar-refractivity contribution in [1.29, 1.82) is 0 Å². The third kappa shape index (κ3) is 4.36. The molecule has 0 amide bonds. The molecule has 0 saturated heterocycles. The Bertz CT molecular complexity index is 432. The SMILES string of the molecule is COP(=O)(CC(F)(F)F)Oc1ccccc1F. The summed E-state index contributed by atoms with van der Waals surface area (Å²) in [6.45, 7) is 0. The lowest BCUT2D eigenvalue weighted by Gasteiger charge is -2.18. The van der Waals surface area contributed by atoms with Crippen molar-refractivity contribution in [3.05, 3.63) is 30.1 Å². The summed E-state index contributed by atoms with van der Waals surface area (Å²) in [4.78, 5) is 0. The van der Waals surface area contributed by atoms with E-state index in [1.807, 2.05) is 0 Å². The number of hydrogen-bond donors (Lipinski definition) is 0. The minimum absolute atomic E-state index is 0.540. The summed E-state index contributed by atoms with van der Waals surface area (Å²) in [6.07, 6.45) is -6.50. The average Bonchev–Trinajstić information content (AvgIpc) is 2.19. The van der Waals surface area contributed by atoms with Gasteiger partial charge in [0.25, 0.3) is 0 Å². The molecule has 17 heavy (non-hydrogen) atoms. The number of benzene rings is 1. The standard InChI is InChI=1S/C9H9F4O3P/c1-15-17(14,6-9(11,12)13)16-8-5-3-2-4-7(8)10/h2-5H,6H2,1H3. The fourth-order valence-corrected chi connectivity index (χ4v) is 2.18. The molecule has 1 rings (SSSR count). The number of hydrogen-bond acceptors (Lipinski definition) is 3. The first-order valence-corrected chi connectivity index (χ1v) is 6.14. The molecule has 0 aliphatic heterocycles. The summed E-state index contributed by atoms with van der Waals surface area (Å²) in [5.41, 5.74) is 0. The van der Waals surface area contributed by atoms with Crippen LogP contribution in [0.1, 0.15) is 0 Å². The molecular weight excluding hydrogens is 263 g/mol. The van der Waals surface area contributed by atoms with Gasteiger partial charge in [0.1, 0.15) is 0 Å². The van der Waals surface area contributed by atoms with Crippen LogP contribution < -0.4 is 4.52 Å². The molecule has 1 unspecified atom stereocenters. The maximum Gasteiger partial charge on any atom is 0.401 e. The van der Waals surface area contributed by atoms with Crippen LogP contribution in [0.25, 0.3) is 0 Å². The monoisotopic (exact) mass is 272 g/mol. The molecule has 0 heterocycles. The van der Waals surface area contributed by atoms with Gasteiger partial charge in [-0.3, -0.25) is 0 Å². The fourth-order valence-electron chi connectivity index (χ4n) is 1.02. The van der Waals surface area contributed by atoms with Crippen LogP contribution in [0.15, 0.2) is 24.3 Å². The second-order valence-corrected chi connectivity index (χ2v) is 5.17. The van der Waals surface area contributed by atoms with Gasteiger partial charge in [-0.25, -0.2) is 8.96 Å². The second kappa shape index (κ2) is 5.06. The highest BCUT2D eigenvalue weighted by atomic mass is 31.2. The number of halogens is 4. The van der Waals surface area contributed by atoms with Crippen molar-refractivity contribution >= 4 is 7.60 Å². The van der Waals surface area contributed by atoms with Gasteiger partial charge in [-0.1, -0.05) is 12.1 Å². The van der Waals surface area contributed by atoms with Crippen molar-refractivity contribution in [3.8, 4) is 5.75 Å². The van der Waals surface area contributed by atoms with Crippen LogP contribution in [0.5, 0.6) is 5.75 Å². The van der Waals surface area contributed by atoms with Gasteiger partial charge < -0.3 is 9.05 Å². The van der Waals surface area contributed by atoms with Crippen molar-refractivity contribution < 1.29 is 31.2 Å². The Hall–Kier alpha value is -1.07. The van der Waals surface area contributed by atoms with Gasteiger partial charge in [0.05, 0.1) is 0 Å². The molecule has 0 saturated carbocycles. The predicted molar refractivity (Wildman–Crippen MR) is 52.6 cm³/mol. The topological polar surface area (TPSA) is 35.5 Å². The van der Waals surface area contributed by atoms with E-state index in [9.17, 15) is 22.1 Å². The van der Waals surface area contributed by atoms with Gasteiger partial charge in [-0.2, -0.15) is 13.2 Å². The van der Waals surface area contributed by atoms with Gasteiger partial charge in [-0.15, -0.1) is 0 Å². The van der Waals surface area contributed by atoms with Crippen LogP contribution in [0.3, 0.4) is 0 Å². The molecule has 0 bridgehead atoms. The molecule has 0 radical (unpaired) electrons. The molecular formula is C9H9F4O3P. The third-order valence-electron chi connectivity index (χ3n) is 1.73. The molecule has 8 heteroatoms. The van der Waals surface area contributed by atoms with Crippen LogP contribution in [0.2, 0.25) is 0 Å². The predicted octanol–water partition coefficient (Wildman–Crippen LogP) is 3.61. The van der Waals surface area contributed by atoms with Gasteiger partial charge in [0, 0.05) is 7.11 Å². The highest BCUT2D eigenvalue weighted by Crippen LogP contribution is 2.51. The van der Waals surface area contributed by atoms with E-state index in [1.165, 1.54) is 12.1 Å². The van der Waals surface area contributed by atoms with Crippen molar-refractivity contribution in [2.45, 2.75) is 6.18 Å². The molecule has 1 atom stereocenters. The first-order chi connectivity index (χ1) is 7.76. The number of para-hydroxylation sites is 1. The minimum Gasteiger partial charge on any atom is -0.421 e. The van der Waals surface area contributed by atoms with Crippen LogP contribution >= 0.6 is 7.60 Å². The van der Waals surface area contributed by atoms with Crippen LogP contribution in [-0.4, -0.2) is 19.4 Å². The van der Waals surface area contributed by atoms with Gasteiger partial charge in [0.15, 0.2) is 17.7 Å². The summed E-state index contributed by atoms with van der Waals surface area (Å²) < 4.78 is 69.8. The molecule has 0 N–H and O–H groups in total. The number of rotatable bonds is 4. The smallest absolute Gasteiger partial charge is 0.401 e.